The summed E-state index contributed by atoms with van der Waals surface area (Å²) in [5, 5.41) is 3.82. The Balaban J connectivity index is 2.28. The summed E-state index contributed by atoms with van der Waals surface area (Å²) in [5.41, 5.74) is 6.38. The molecule has 0 fully saturated rings. The smallest absolute Gasteiger partial charge is 0.243 e. The highest BCUT2D eigenvalue weighted by molar-refractivity contribution is 5.53. The molecular formula is C10H12N4O2. The normalized spacial score (nSPS) is 12.4. The van der Waals surface area contributed by atoms with Crippen molar-refractivity contribution in [3.05, 3.63) is 24.2 Å². The molecule has 6 heteroatoms. The molecule has 84 valence electrons. The minimum absolute atomic E-state index is 0.271. The quantitative estimate of drug-likeness (QED) is 0.835. The molecule has 2 heterocycles. The fraction of sp³-hybridized carbons (Fsp3) is 0.300. The van der Waals surface area contributed by atoms with Gasteiger partial charge in [-0.2, -0.15) is 4.98 Å². The van der Waals surface area contributed by atoms with Crippen molar-refractivity contribution in [1.29, 1.82) is 0 Å². The van der Waals surface area contributed by atoms with Gasteiger partial charge in [-0.05, 0) is 13.0 Å². The number of nitrogens with zero attached hydrogens (tertiary/aromatic N) is 3. The number of pyridine rings is 1. The lowest BCUT2D eigenvalue weighted by molar-refractivity contribution is 0.362. The molecule has 0 amide bonds. The molecule has 0 saturated heterocycles. The average molecular weight is 220 g/mol. The lowest BCUT2D eigenvalue weighted by Gasteiger charge is -1.97. The number of aromatic nitrogens is 3. The molecule has 0 saturated carbocycles. The Morgan fingerprint density at radius 1 is 1.44 bits per heavy atom. The van der Waals surface area contributed by atoms with Crippen molar-refractivity contribution in [3.63, 3.8) is 0 Å². The number of rotatable bonds is 3. The second kappa shape index (κ2) is 4.28. The summed E-state index contributed by atoms with van der Waals surface area (Å²) in [6, 6.07) is 3.27. The van der Waals surface area contributed by atoms with Gasteiger partial charge in [0.05, 0.1) is 13.2 Å². The third-order valence-corrected chi connectivity index (χ3v) is 2.03. The number of hydrogen-bond acceptors (Lipinski definition) is 6. The van der Waals surface area contributed by atoms with Crippen LogP contribution >= 0.6 is 0 Å². The van der Waals surface area contributed by atoms with Crippen LogP contribution in [0.25, 0.3) is 11.4 Å². The molecule has 0 radical (unpaired) electrons. The van der Waals surface area contributed by atoms with Crippen molar-refractivity contribution in [3.8, 4) is 17.3 Å². The van der Waals surface area contributed by atoms with Gasteiger partial charge in [0, 0.05) is 17.8 Å². The maximum absolute atomic E-state index is 5.62. The van der Waals surface area contributed by atoms with E-state index in [2.05, 4.69) is 15.1 Å². The Kier molecular flexibility index (Phi) is 2.82. The van der Waals surface area contributed by atoms with Gasteiger partial charge in [-0.1, -0.05) is 5.16 Å². The largest absolute Gasteiger partial charge is 0.481 e. The topological polar surface area (TPSA) is 87.1 Å². The van der Waals surface area contributed by atoms with E-state index < -0.39 is 0 Å². The fourth-order valence-electron chi connectivity index (χ4n) is 1.17. The second-order valence-corrected chi connectivity index (χ2v) is 3.33. The molecule has 2 aromatic rings. The summed E-state index contributed by atoms with van der Waals surface area (Å²) in [6.07, 6.45) is 1.62. The highest BCUT2D eigenvalue weighted by atomic mass is 16.5. The predicted molar refractivity (Wildman–Crippen MR) is 56.7 cm³/mol. The molecular weight excluding hydrogens is 208 g/mol. The van der Waals surface area contributed by atoms with Crippen LogP contribution < -0.4 is 10.5 Å². The van der Waals surface area contributed by atoms with Gasteiger partial charge in [-0.3, -0.25) is 0 Å². The van der Waals surface area contributed by atoms with Gasteiger partial charge >= 0.3 is 0 Å². The predicted octanol–water partition coefficient (Wildman–Crippen LogP) is 1.16. The molecule has 0 bridgehead atoms. The second-order valence-electron chi connectivity index (χ2n) is 3.33. The van der Waals surface area contributed by atoms with E-state index >= 15 is 0 Å². The average Bonchev–Trinajstić information content (AvgIpc) is 2.78. The Hall–Kier alpha value is -1.95. The molecule has 0 aliphatic rings. The highest BCUT2D eigenvalue weighted by Gasteiger charge is 2.11. The van der Waals surface area contributed by atoms with Gasteiger partial charge in [0.25, 0.3) is 0 Å². The van der Waals surface area contributed by atoms with Crippen LogP contribution in [0.15, 0.2) is 22.9 Å². The van der Waals surface area contributed by atoms with Gasteiger partial charge in [-0.25, -0.2) is 4.98 Å². The monoisotopic (exact) mass is 220 g/mol. The number of hydrogen-bond donors (Lipinski definition) is 1. The van der Waals surface area contributed by atoms with Crippen LogP contribution in [0.4, 0.5) is 0 Å². The molecule has 0 spiro atoms. The van der Waals surface area contributed by atoms with E-state index in [0.29, 0.717) is 17.6 Å². The standard InChI is InChI=1S/C10H12N4O2/c1-6(11)10-13-9(14-16-10)7-3-4-8(15-2)12-5-7/h3-6H,11H2,1-2H3/t6-/m0/s1. The van der Waals surface area contributed by atoms with E-state index in [4.69, 9.17) is 15.0 Å². The first kappa shape index (κ1) is 10.6. The number of nitrogens with two attached hydrogens (primary N) is 1. The summed E-state index contributed by atoms with van der Waals surface area (Å²) in [6.45, 7) is 1.78. The van der Waals surface area contributed by atoms with E-state index in [-0.39, 0.29) is 6.04 Å². The van der Waals surface area contributed by atoms with E-state index in [1.165, 1.54) is 0 Å². The summed E-state index contributed by atoms with van der Waals surface area (Å²) in [5.74, 6) is 1.42. The number of methoxy groups -OCH3 is 1. The van der Waals surface area contributed by atoms with E-state index in [1.807, 2.05) is 6.07 Å². The van der Waals surface area contributed by atoms with E-state index in [1.54, 1.807) is 26.3 Å². The molecule has 16 heavy (non-hydrogen) atoms. The Labute approximate surface area is 92.4 Å². The van der Waals surface area contributed by atoms with Crippen LogP contribution in [0.1, 0.15) is 18.9 Å². The lowest BCUT2D eigenvalue weighted by Crippen LogP contribution is -2.04. The highest BCUT2D eigenvalue weighted by Crippen LogP contribution is 2.18. The minimum atomic E-state index is -0.271. The van der Waals surface area contributed by atoms with Crippen molar-refractivity contribution in [1.82, 2.24) is 15.1 Å². The minimum Gasteiger partial charge on any atom is -0.481 e. The summed E-state index contributed by atoms with van der Waals surface area (Å²) in [4.78, 5) is 8.20. The van der Waals surface area contributed by atoms with E-state index in [0.717, 1.165) is 5.56 Å². The SMILES string of the molecule is COc1ccc(-c2noc([C@H](C)N)n2)cn1. The van der Waals surface area contributed by atoms with Crippen molar-refractivity contribution in [2.75, 3.05) is 7.11 Å². The molecule has 0 aromatic carbocycles. The number of ether oxygens (including phenoxy) is 1. The Bertz CT molecular complexity index is 464. The van der Waals surface area contributed by atoms with Crippen molar-refractivity contribution >= 4 is 0 Å². The molecule has 1 atom stereocenters. The first-order chi connectivity index (χ1) is 7.70. The van der Waals surface area contributed by atoms with Crippen molar-refractivity contribution < 1.29 is 9.26 Å². The van der Waals surface area contributed by atoms with Crippen molar-refractivity contribution in [2.45, 2.75) is 13.0 Å². The summed E-state index contributed by atoms with van der Waals surface area (Å²) in [7, 11) is 1.56. The first-order valence-electron chi connectivity index (χ1n) is 4.80. The van der Waals surface area contributed by atoms with Crippen LogP contribution in [0.5, 0.6) is 5.88 Å². The molecule has 2 aromatic heterocycles. The van der Waals surface area contributed by atoms with Crippen LogP contribution in [0, 0.1) is 0 Å². The summed E-state index contributed by atoms with van der Waals surface area (Å²) >= 11 is 0. The van der Waals surface area contributed by atoms with Crippen LogP contribution in [0.2, 0.25) is 0 Å². The zero-order chi connectivity index (χ0) is 11.5. The van der Waals surface area contributed by atoms with Crippen LogP contribution in [-0.2, 0) is 0 Å². The van der Waals surface area contributed by atoms with Crippen molar-refractivity contribution in [2.24, 2.45) is 5.73 Å². The van der Waals surface area contributed by atoms with Gasteiger partial charge in [0.15, 0.2) is 0 Å². The van der Waals surface area contributed by atoms with Crippen LogP contribution in [0.3, 0.4) is 0 Å². The van der Waals surface area contributed by atoms with E-state index in [9.17, 15) is 0 Å². The molecule has 0 unspecified atom stereocenters. The molecule has 0 aliphatic carbocycles. The third-order valence-electron chi connectivity index (χ3n) is 2.03. The maximum Gasteiger partial charge on any atom is 0.243 e. The van der Waals surface area contributed by atoms with Gasteiger partial charge in [-0.15, -0.1) is 0 Å². The third kappa shape index (κ3) is 2.01. The summed E-state index contributed by atoms with van der Waals surface area (Å²) < 4.78 is 9.95. The molecule has 6 nitrogen and oxygen atoms in total. The lowest BCUT2D eigenvalue weighted by atomic mass is 10.3. The first-order valence-corrected chi connectivity index (χ1v) is 4.80. The molecule has 0 aliphatic heterocycles. The molecule has 2 rings (SSSR count). The zero-order valence-corrected chi connectivity index (χ0v) is 9.04. The van der Waals surface area contributed by atoms with Crippen LogP contribution in [-0.4, -0.2) is 22.2 Å². The van der Waals surface area contributed by atoms with Gasteiger partial charge in [0.1, 0.15) is 0 Å². The van der Waals surface area contributed by atoms with Gasteiger partial charge in [0.2, 0.25) is 17.6 Å². The fourth-order valence-corrected chi connectivity index (χ4v) is 1.17. The molecule has 2 N–H and O–H groups in total. The zero-order valence-electron chi connectivity index (χ0n) is 9.04. The van der Waals surface area contributed by atoms with Gasteiger partial charge < -0.3 is 15.0 Å². The maximum atomic E-state index is 5.62. The Morgan fingerprint density at radius 2 is 2.25 bits per heavy atom. The Morgan fingerprint density at radius 3 is 2.75 bits per heavy atom.